The van der Waals surface area contributed by atoms with Gasteiger partial charge in [0.25, 0.3) is 5.91 Å². The lowest BCUT2D eigenvalue weighted by Gasteiger charge is -2.22. The van der Waals surface area contributed by atoms with E-state index in [0.29, 0.717) is 11.1 Å². The van der Waals surface area contributed by atoms with Crippen LogP contribution in [0, 0.1) is 18.8 Å². The van der Waals surface area contributed by atoms with Crippen LogP contribution in [0.5, 0.6) is 0 Å². The largest absolute Gasteiger partial charge is 0.384 e. The first-order valence-electron chi connectivity index (χ1n) is 6.10. The maximum Gasteiger partial charge on any atom is 0.253 e. The van der Waals surface area contributed by atoms with Crippen LogP contribution in [0.4, 0.5) is 0 Å². The molecule has 1 aromatic carbocycles. The van der Waals surface area contributed by atoms with Crippen LogP contribution in [0.3, 0.4) is 0 Å². The summed E-state index contributed by atoms with van der Waals surface area (Å²) in [5.41, 5.74) is 5.85. The van der Waals surface area contributed by atoms with E-state index in [9.17, 15) is 9.59 Å². The third-order valence-electron chi connectivity index (χ3n) is 2.76. The van der Waals surface area contributed by atoms with Gasteiger partial charge in [-0.1, -0.05) is 17.9 Å². The molecule has 0 saturated heterocycles. The molecule has 1 aromatic rings. The average molecular weight is 274 g/mol. The lowest BCUT2D eigenvalue weighted by atomic mass is 10.0. The fourth-order valence-electron chi connectivity index (χ4n) is 1.51. The van der Waals surface area contributed by atoms with Crippen LogP contribution in [0.1, 0.15) is 35.3 Å². The standard InChI is InChI=1S/C15H18N2O3/c1-10-6-7-12(11(9-10)5-4-8-18)13(19)17-15(2,3)14(16)20/h6-7,9,18H,8H2,1-3H3,(H2,16,20)(H,17,19). The molecule has 0 aliphatic heterocycles. The number of carbonyl (C=O) groups excluding carboxylic acids is 2. The molecular formula is C15H18N2O3. The van der Waals surface area contributed by atoms with Gasteiger partial charge in [-0.2, -0.15) is 0 Å². The maximum absolute atomic E-state index is 12.2. The molecule has 0 fully saturated rings. The number of aliphatic hydroxyl groups is 1. The monoisotopic (exact) mass is 274 g/mol. The second-order valence-corrected chi connectivity index (χ2v) is 4.95. The molecule has 4 N–H and O–H groups in total. The van der Waals surface area contributed by atoms with Crippen LogP contribution in [-0.2, 0) is 4.79 Å². The van der Waals surface area contributed by atoms with Crippen molar-refractivity contribution in [2.24, 2.45) is 5.73 Å². The average Bonchev–Trinajstić information content (AvgIpc) is 2.35. The molecule has 0 saturated carbocycles. The van der Waals surface area contributed by atoms with Crippen molar-refractivity contribution in [1.29, 1.82) is 0 Å². The molecule has 0 radical (unpaired) electrons. The van der Waals surface area contributed by atoms with Crippen LogP contribution in [0.25, 0.3) is 0 Å². The zero-order chi connectivity index (χ0) is 15.3. The quantitative estimate of drug-likeness (QED) is 0.694. The van der Waals surface area contributed by atoms with Gasteiger partial charge in [0.2, 0.25) is 5.91 Å². The normalized spacial score (nSPS) is 10.4. The van der Waals surface area contributed by atoms with Gasteiger partial charge in [0.1, 0.15) is 12.1 Å². The van der Waals surface area contributed by atoms with Gasteiger partial charge in [-0.15, -0.1) is 0 Å². The number of nitrogens with two attached hydrogens (primary N) is 1. The number of rotatable bonds is 3. The van der Waals surface area contributed by atoms with E-state index >= 15 is 0 Å². The molecule has 2 amide bonds. The lowest BCUT2D eigenvalue weighted by molar-refractivity contribution is -0.122. The molecule has 0 unspecified atom stereocenters. The van der Waals surface area contributed by atoms with E-state index in [4.69, 9.17) is 10.8 Å². The highest BCUT2D eigenvalue weighted by Crippen LogP contribution is 2.12. The van der Waals surface area contributed by atoms with Crippen molar-refractivity contribution >= 4 is 11.8 Å². The molecule has 0 heterocycles. The topological polar surface area (TPSA) is 92.4 Å². The number of primary amides is 1. The Morgan fingerprint density at radius 3 is 2.60 bits per heavy atom. The van der Waals surface area contributed by atoms with Crippen molar-refractivity contribution in [2.75, 3.05) is 6.61 Å². The third kappa shape index (κ3) is 3.84. The van der Waals surface area contributed by atoms with Gasteiger partial charge >= 0.3 is 0 Å². The van der Waals surface area contributed by atoms with Crippen molar-refractivity contribution < 1.29 is 14.7 Å². The lowest BCUT2D eigenvalue weighted by Crippen LogP contribution is -2.53. The van der Waals surface area contributed by atoms with Gasteiger partial charge < -0.3 is 16.2 Å². The van der Waals surface area contributed by atoms with E-state index in [-0.39, 0.29) is 6.61 Å². The van der Waals surface area contributed by atoms with Crippen molar-refractivity contribution in [3.05, 3.63) is 34.9 Å². The van der Waals surface area contributed by atoms with E-state index in [2.05, 4.69) is 17.2 Å². The van der Waals surface area contributed by atoms with Crippen LogP contribution >= 0.6 is 0 Å². The van der Waals surface area contributed by atoms with Gasteiger partial charge in [0, 0.05) is 5.56 Å². The molecule has 5 heteroatoms. The fourth-order valence-corrected chi connectivity index (χ4v) is 1.51. The smallest absolute Gasteiger partial charge is 0.253 e. The summed E-state index contributed by atoms with van der Waals surface area (Å²) in [6, 6.07) is 5.15. The summed E-state index contributed by atoms with van der Waals surface area (Å²) < 4.78 is 0. The van der Waals surface area contributed by atoms with Gasteiger partial charge in [-0.25, -0.2) is 0 Å². The number of aliphatic hydroxyl groups excluding tert-OH is 1. The molecule has 0 aliphatic rings. The number of carbonyl (C=O) groups is 2. The maximum atomic E-state index is 12.2. The van der Waals surface area contributed by atoms with Crippen LogP contribution in [0.2, 0.25) is 0 Å². The summed E-state index contributed by atoms with van der Waals surface area (Å²) in [6.45, 7) is 4.64. The van der Waals surface area contributed by atoms with Gasteiger partial charge in [0.15, 0.2) is 0 Å². The predicted molar refractivity (Wildman–Crippen MR) is 75.9 cm³/mol. The van der Waals surface area contributed by atoms with E-state index in [0.717, 1.165) is 5.56 Å². The summed E-state index contributed by atoms with van der Waals surface area (Å²) in [5.74, 6) is 4.17. The SMILES string of the molecule is Cc1ccc(C(=O)NC(C)(C)C(N)=O)c(C#CCO)c1. The Labute approximate surface area is 118 Å². The Morgan fingerprint density at radius 2 is 2.05 bits per heavy atom. The Bertz CT molecular complexity index is 595. The van der Waals surface area contributed by atoms with E-state index in [1.54, 1.807) is 18.2 Å². The van der Waals surface area contributed by atoms with Crippen LogP contribution in [0.15, 0.2) is 18.2 Å². The molecule has 0 aliphatic carbocycles. The third-order valence-corrected chi connectivity index (χ3v) is 2.76. The highest BCUT2D eigenvalue weighted by atomic mass is 16.2. The molecule has 0 aromatic heterocycles. The Kier molecular flexibility index (Phi) is 4.89. The molecule has 0 atom stereocenters. The molecule has 20 heavy (non-hydrogen) atoms. The summed E-state index contributed by atoms with van der Waals surface area (Å²) >= 11 is 0. The van der Waals surface area contributed by atoms with Crippen LogP contribution < -0.4 is 11.1 Å². The number of hydrogen-bond acceptors (Lipinski definition) is 3. The first kappa shape index (κ1) is 15.7. The predicted octanol–water partition coefficient (Wildman–Crippen LogP) is 0.333. The summed E-state index contributed by atoms with van der Waals surface area (Å²) in [5, 5.41) is 11.3. The molecule has 5 nitrogen and oxygen atoms in total. The van der Waals surface area contributed by atoms with E-state index < -0.39 is 17.4 Å². The summed E-state index contributed by atoms with van der Waals surface area (Å²) in [4.78, 5) is 23.5. The second kappa shape index (κ2) is 6.22. The number of nitrogens with one attached hydrogen (secondary N) is 1. The second-order valence-electron chi connectivity index (χ2n) is 4.95. The zero-order valence-corrected chi connectivity index (χ0v) is 11.8. The molecule has 106 valence electrons. The fraction of sp³-hybridized carbons (Fsp3) is 0.333. The minimum Gasteiger partial charge on any atom is -0.384 e. The van der Waals surface area contributed by atoms with Crippen molar-refractivity contribution in [3.8, 4) is 11.8 Å². The number of amides is 2. The minimum atomic E-state index is -1.15. The number of aryl methyl sites for hydroxylation is 1. The minimum absolute atomic E-state index is 0.290. The number of hydrogen-bond donors (Lipinski definition) is 3. The number of benzene rings is 1. The van der Waals surface area contributed by atoms with Crippen LogP contribution in [-0.4, -0.2) is 29.1 Å². The van der Waals surface area contributed by atoms with E-state index in [1.807, 2.05) is 6.92 Å². The first-order valence-corrected chi connectivity index (χ1v) is 6.10. The summed E-state index contributed by atoms with van der Waals surface area (Å²) in [6.07, 6.45) is 0. The highest BCUT2D eigenvalue weighted by Gasteiger charge is 2.27. The molecular weight excluding hydrogens is 256 g/mol. The van der Waals surface area contributed by atoms with Gasteiger partial charge in [-0.05, 0) is 38.5 Å². The highest BCUT2D eigenvalue weighted by molar-refractivity contribution is 6.00. The van der Waals surface area contributed by atoms with Gasteiger partial charge in [-0.3, -0.25) is 9.59 Å². The van der Waals surface area contributed by atoms with Crippen molar-refractivity contribution in [3.63, 3.8) is 0 Å². The molecule has 0 bridgehead atoms. The first-order chi connectivity index (χ1) is 9.27. The van der Waals surface area contributed by atoms with Crippen molar-refractivity contribution in [1.82, 2.24) is 5.32 Å². The van der Waals surface area contributed by atoms with Crippen molar-refractivity contribution in [2.45, 2.75) is 26.3 Å². The Morgan fingerprint density at radius 1 is 1.40 bits per heavy atom. The van der Waals surface area contributed by atoms with Gasteiger partial charge in [0.05, 0.1) is 5.56 Å². The Hall–Kier alpha value is -2.32. The van der Waals surface area contributed by atoms with E-state index in [1.165, 1.54) is 13.8 Å². The Balaban J connectivity index is 3.13. The summed E-state index contributed by atoms with van der Waals surface area (Å²) in [7, 11) is 0. The molecule has 1 rings (SSSR count). The molecule has 0 spiro atoms. The zero-order valence-electron chi connectivity index (χ0n) is 11.8.